The van der Waals surface area contributed by atoms with Gasteiger partial charge in [-0.25, -0.2) is 4.79 Å². The van der Waals surface area contributed by atoms with Crippen molar-refractivity contribution in [2.75, 3.05) is 13.1 Å². The van der Waals surface area contributed by atoms with E-state index >= 15 is 0 Å². The maximum absolute atomic E-state index is 9.94. The lowest BCUT2D eigenvalue weighted by Gasteiger charge is -2.04. The summed E-state index contributed by atoms with van der Waals surface area (Å²) in [7, 11) is 0. The van der Waals surface area contributed by atoms with Gasteiger partial charge in [-0.05, 0) is 0 Å². The zero-order chi connectivity index (χ0) is 8.85. The predicted molar refractivity (Wildman–Crippen MR) is 34.1 cm³/mol. The van der Waals surface area contributed by atoms with Crippen LogP contribution in [0, 0.1) is 0 Å². The normalized spacial score (nSPS) is 12.5. The quantitative estimate of drug-likeness (QED) is 0.377. The van der Waals surface area contributed by atoms with Gasteiger partial charge in [-0.3, -0.25) is 4.79 Å². The minimum Gasteiger partial charge on any atom is -0.480 e. The molecule has 0 radical (unpaired) electrons. The highest BCUT2D eigenvalue weighted by Crippen LogP contribution is 1.78. The minimum absolute atomic E-state index is 0.262. The summed E-state index contributed by atoms with van der Waals surface area (Å²) in [6, 6.07) is 0. The number of rotatable bonds is 5. The third-order valence-electron chi connectivity index (χ3n) is 0.899. The molecule has 0 aromatic carbocycles. The summed E-state index contributed by atoms with van der Waals surface area (Å²) in [6.45, 7) is -0.619. The topological polar surface area (TPSA) is 107 Å². The summed E-state index contributed by atoms with van der Waals surface area (Å²) in [5, 5.41) is 27.0. The fourth-order valence-electron chi connectivity index (χ4n) is 0.403. The number of nitrogens with one attached hydrogen (secondary N) is 1. The molecule has 1 atom stereocenters. The Morgan fingerprint density at radius 3 is 2.27 bits per heavy atom. The average molecular weight is 163 g/mol. The number of aliphatic hydroxyl groups is 1. The Labute approximate surface area is 62.5 Å². The number of hydrogen-bond donors (Lipinski definition) is 4. The van der Waals surface area contributed by atoms with E-state index in [0.29, 0.717) is 0 Å². The molecule has 0 aromatic heterocycles. The second-order valence-electron chi connectivity index (χ2n) is 1.88. The summed E-state index contributed by atoms with van der Waals surface area (Å²) in [6.07, 6.45) is -1.55. The van der Waals surface area contributed by atoms with Crippen molar-refractivity contribution in [3.05, 3.63) is 0 Å². The van der Waals surface area contributed by atoms with E-state index in [4.69, 9.17) is 15.3 Å². The van der Waals surface area contributed by atoms with Crippen LogP contribution in [-0.2, 0) is 9.59 Å². The fourth-order valence-corrected chi connectivity index (χ4v) is 0.403. The number of carboxylic acids is 2. The van der Waals surface area contributed by atoms with Gasteiger partial charge < -0.3 is 20.6 Å². The maximum Gasteiger partial charge on any atom is 0.333 e. The van der Waals surface area contributed by atoms with Crippen LogP contribution in [0.1, 0.15) is 0 Å². The molecule has 0 saturated heterocycles. The van der Waals surface area contributed by atoms with E-state index in [1.54, 1.807) is 0 Å². The number of carbonyl (C=O) groups is 2. The second-order valence-corrected chi connectivity index (χ2v) is 1.88. The Hall–Kier alpha value is -1.14. The van der Waals surface area contributed by atoms with Crippen molar-refractivity contribution < 1.29 is 24.9 Å². The lowest BCUT2D eigenvalue weighted by molar-refractivity contribution is -0.146. The first-order valence-electron chi connectivity index (χ1n) is 2.87. The van der Waals surface area contributed by atoms with Gasteiger partial charge in [0, 0.05) is 6.54 Å². The highest BCUT2D eigenvalue weighted by atomic mass is 16.4. The second kappa shape index (κ2) is 4.64. The van der Waals surface area contributed by atoms with E-state index in [2.05, 4.69) is 5.32 Å². The molecule has 4 N–H and O–H groups in total. The van der Waals surface area contributed by atoms with Crippen molar-refractivity contribution in [3.8, 4) is 0 Å². The molecule has 0 fully saturated rings. The van der Waals surface area contributed by atoms with Crippen molar-refractivity contribution in [1.82, 2.24) is 5.32 Å². The van der Waals surface area contributed by atoms with Gasteiger partial charge in [-0.15, -0.1) is 0 Å². The molecule has 1 unspecified atom stereocenters. The Morgan fingerprint density at radius 2 is 1.91 bits per heavy atom. The standard InChI is InChI=1S/C5H9NO5/c7-3(5(10)11)1-6-2-4(8)9/h3,6-7H,1-2H2,(H,8,9)(H,10,11). The van der Waals surface area contributed by atoms with Crippen molar-refractivity contribution in [2.24, 2.45) is 0 Å². The molecule has 0 aliphatic carbocycles. The lowest BCUT2D eigenvalue weighted by Crippen LogP contribution is -2.35. The van der Waals surface area contributed by atoms with Crippen LogP contribution >= 0.6 is 0 Å². The molecule has 0 heterocycles. The van der Waals surface area contributed by atoms with Crippen LogP contribution in [-0.4, -0.2) is 46.5 Å². The fraction of sp³-hybridized carbons (Fsp3) is 0.600. The first kappa shape index (κ1) is 9.86. The van der Waals surface area contributed by atoms with Crippen molar-refractivity contribution in [2.45, 2.75) is 6.10 Å². The van der Waals surface area contributed by atoms with Crippen molar-refractivity contribution in [3.63, 3.8) is 0 Å². The van der Waals surface area contributed by atoms with Crippen LogP contribution in [0.4, 0.5) is 0 Å². The van der Waals surface area contributed by atoms with Crippen LogP contribution in [0.2, 0.25) is 0 Å². The molecule has 0 aliphatic rings. The van der Waals surface area contributed by atoms with Gasteiger partial charge in [0.25, 0.3) is 0 Å². The molecule has 6 nitrogen and oxygen atoms in total. The molecule has 6 heteroatoms. The zero-order valence-electron chi connectivity index (χ0n) is 5.65. The summed E-state index contributed by atoms with van der Waals surface area (Å²) < 4.78 is 0. The summed E-state index contributed by atoms with van der Waals surface area (Å²) >= 11 is 0. The molecule has 64 valence electrons. The predicted octanol–water partition coefficient (Wildman–Crippen LogP) is -1.89. The molecular weight excluding hydrogens is 154 g/mol. The lowest BCUT2D eigenvalue weighted by atomic mass is 10.3. The van der Waals surface area contributed by atoms with Gasteiger partial charge in [0.05, 0.1) is 6.54 Å². The molecule has 0 aromatic rings. The van der Waals surface area contributed by atoms with Gasteiger partial charge in [-0.1, -0.05) is 0 Å². The van der Waals surface area contributed by atoms with Gasteiger partial charge >= 0.3 is 11.9 Å². The highest BCUT2D eigenvalue weighted by molar-refractivity contribution is 5.72. The minimum atomic E-state index is -1.55. The van der Waals surface area contributed by atoms with E-state index in [1.165, 1.54) is 0 Å². The van der Waals surface area contributed by atoms with Crippen LogP contribution in [0.15, 0.2) is 0 Å². The summed E-state index contributed by atoms with van der Waals surface area (Å²) in [5.41, 5.74) is 0. The molecule has 0 rings (SSSR count). The van der Waals surface area contributed by atoms with Crippen molar-refractivity contribution >= 4 is 11.9 Å². The van der Waals surface area contributed by atoms with E-state index in [-0.39, 0.29) is 13.1 Å². The smallest absolute Gasteiger partial charge is 0.333 e. The Kier molecular flexibility index (Phi) is 4.16. The van der Waals surface area contributed by atoms with Gasteiger partial charge in [0.1, 0.15) is 0 Å². The van der Waals surface area contributed by atoms with Gasteiger partial charge in [0.2, 0.25) is 0 Å². The average Bonchev–Trinajstić information content (AvgIpc) is 1.86. The Morgan fingerprint density at radius 1 is 1.36 bits per heavy atom. The molecular formula is C5H9NO5. The molecule has 0 bridgehead atoms. The molecule has 0 saturated carbocycles. The van der Waals surface area contributed by atoms with Crippen molar-refractivity contribution in [1.29, 1.82) is 0 Å². The molecule has 11 heavy (non-hydrogen) atoms. The largest absolute Gasteiger partial charge is 0.480 e. The van der Waals surface area contributed by atoms with Crippen LogP contribution in [0.5, 0.6) is 0 Å². The summed E-state index contributed by atoms with van der Waals surface area (Å²) in [4.78, 5) is 19.8. The van der Waals surface area contributed by atoms with E-state index in [0.717, 1.165) is 0 Å². The SMILES string of the molecule is O=C(O)CNCC(O)C(=O)O. The number of aliphatic carboxylic acids is 2. The molecule has 0 amide bonds. The molecule has 0 spiro atoms. The van der Waals surface area contributed by atoms with E-state index < -0.39 is 18.0 Å². The number of aliphatic hydroxyl groups excluding tert-OH is 1. The number of carboxylic acid groups (broad SMARTS) is 2. The van der Waals surface area contributed by atoms with E-state index in [9.17, 15) is 9.59 Å². The van der Waals surface area contributed by atoms with Crippen LogP contribution < -0.4 is 5.32 Å². The maximum atomic E-state index is 9.94. The van der Waals surface area contributed by atoms with Gasteiger partial charge in [0.15, 0.2) is 6.10 Å². The monoisotopic (exact) mass is 163 g/mol. The first-order chi connectivity index (χ1) is 5.04. The highest BCUT2D eigenvalue weighted by Gasteiger charge is 2.11. The van der Waals surface area contributed by atoms with Crippen LogP contribution in [0.25, 0.3) is 0 Å². The Balaban J connectivity index is 3.39. The molecule has 0 aliphatic heterocycles. The van der Waals surface area contributed by atoms with Crippen LogP contribution in [0.3, 0.4) is 0 Å². The zero-order valence-corrected chi connectivity index (χ0v) is 5.65. The third kappa shape index (κ3) is 5.31. The Bertz CT molecular complexity index is 157. The van der Waals surface area contributed by atoms with Gasteiger partial charge in [-0.2, -0.15) is 0 Å². The number of hydrogen-bond acceptors (Lipinski definition) is 4. The first-order valence-corrected chi connectivity index (χ1v) is 2.87. The summed E-state index contributed by atoms with van der Waals surface area (Å²) in [5.74, 6) is -2.47. The third-order valence-corrected chi connectivity index (χ3v) is 0.899. The van der Waals surface area contributed by atoms with E-state index in [1.807, 2.05) is 0 Å².